The van der Waals surface area contributed by atoms with Crippen molar-refractivity contribution in [2.45, 2.75) is 12.7 Å². The fourth-order valence-corrected chi connectivity index (χ4v) is 3.31. The minimum Gasteiger partial charge on any atom is -0.478 e. The van der Waals surface area contributed by atoms with Crippen molar-refractivity contribution in [3.8, 4) is 33.9 Å². The van der Waals surface area contributed by atoms with Crippen LogP contribution in [-0.2, 0) is 0 Å². The SMILES string of the molecule is O=C(O)c1cc2ncc(-c3ccc(OC(F)(F)F)cc3)n2cc1-c1ccc(OC(F)(F)F)cc1. The number of carbonyl (C=O) groups is 1. The van der Waals surface area contributed by atoms with Gasteiger partial charge in [-0.25, -0.2) is 9.78 Å². The van der Waals surface area contributed by atoms with Gasteiger partial charge in [0.15, 0.2) is 0 Å². The van der Waals surface area contributed by atoms with Crippen LogP contribution in [0.15, 0.2) is 67.0 Å². The van der Waals surface area contributed by atoms with E-state index in [4.69, 9.17) is 0 Å². The molecule has 2 heterocycles. The van der Waals surface area contributed by atoms with Gasteiger partial charge < -0.3 is 14.6 Å². The predicted octanol–water partition coefficient (Wildman–Crippen LogP) is 6.16. The van der Waals surface area contributed by atoms with Crippen LogP contribution < -0.4 is 9.47 Å². The molecule has 0 fully saturated rings. The molecule has 0 aliphatic heterocycles. The first-order chi connectivity index (χ1) is 15.9. The van der Waals surface area contributed by atoms with Crippen molar-refractivity contribution < 1.29 is 45.7 Å². The Bertz CT molecular complexity index is 1340. The molecule has 0 saturated carbocycles. The first-order valence-corrected chi connectivity index (χ1v) is 9.36. The molecule has 0 aliphatic carbocycles. The van der Waals surface area contributed by atoms with Crippen molar-refractivity contribution in [3.05, 3.63) is 72.6 Å². The first-order valence-electron chi connectivity index (χ1n) is 9.36. The van der Waals surface area contributed by atoms with E-state index in [9.17, 15) is 36.2 Å². The largest absolute Gasteiger partial charge is 0.573 e. The molecule has 0 bridgehead atoms. The third-order valence-electron chi connectivity index (χ3n) is 4.66. The van der Waals surface area contributed by atoms with Crippen molar-refractivity contribution in [2.75, 3.05) is 0 Å². The third kappa shape index (κ3) is 5.05. The number of rotatable bonds is 5. The monoisotopic (exact) mass is 482 g/mol. The van der Waals surface area contributed by atoms with Crippen LogP contribution in [0.25, 0.3) is 28.0 Å². The maximum absolute atomic E-state index is 12.4. The molecule has 2 aromatic carbocycles. The number of carboxylic acid groups (broad SMARTS) is 1. The summed E-state index contributed by atoms with van der Waals surface area (Å²) in [5, 5.41) is 9.62. The average molecular weight is 482 g/mol. The predicted molar refractivity (Wildman–Crippen MR) is 106 cm³/mol. The molecular formula is C22H12F6N2O4. The zero-order chi connectivity index (χ0) is 24.7. The van der Waals surface area contributed by atoms with E-state index >= 15 is 0 Å². The zero-order valence-corrected chi connectivity index (χ0v) is 16.7. The number of aromatic carboxylic acids is 1. The molecule has 0 atom stereocenters. The fraction of sp³-hybridized carbons (Fsp3) is 0.0909. The van der Waals surface area contributed by atoms with E-state index in [2.05, 4.69) is 14.5 Å². The molecular weight excluding hydrogens is 470 g/mol. The van der Waals surface area contributed by atoms with Crippen LogP contribution in [0.5, 0.6) is 11.5 Å². The Balaban J connectivity index is 1.76. The van der Waals surface area contributed by atoms with Gasteiger partial charge in [0.1, 0.15) is 17.1 Å². The van der Waals surface area contributed by atoms with E-state index in [-0.39, 0.29) is 16.8 Å². The number of halogens is 6. The van der Waals surface area contributed by atoms with Crippen molar-refractivity contribution in [1.29, 1.82) is 0 Å². The number of carboxylic acids is 1. The number of aromatic nitrogens is 2. The molecule has 0 radical (unpaired) electrons. The molecule has 0 saturated heterocycles. The summed E-state index contributed by atoms with van der Waals surface area (Å²) in [6.45, 7) is 0. The van der Waals surface area contributed by atoms with Gasteiger partial charge in [0.05, 0.1) is 17.5 Å². The van der Waals surface area contributed by atoms with Gasteiger partial charge in [0.2, 0.25) is 0 Å². The number of alkyl halides is 6. The molecule has 6 nitrogen and oxygen atoms in total. The standard InChI is InChI=1S/C22H12F6N2O4/c23-21(24,25)33-14-5-1-12(2-6-14)17-11-30-18(10-29-19(30)9-16(17)20(31)32)13-3-7-15(8-4-13)34-22(26,27)28/h1-11H,(H,31,32). The van der Waals surface area contributed by atoms with E-state index in [1.54, 1.807) is 0 Å². The number of pyridine rings is 1. The Labute approximate surface area is 186 Å². The van der Waals surface area contributed by atoms with E-state index < -0.39 is 30.2 Å². The lowest BCUT2D eigenvalue weighted by Gasteiger charge is -2.12. The van der Waals surface area contributed by atoms with Gasteiger partial charge in [-0.1, -0.05) is 12.1 Å². The minimum atomic E-state index is -4.88. The summed E-state index contributed by atoms with van der Waals surface area (Å²) < 4.78 is 83.6. The van der Waals surface area contributed by atoms with Gasteiger partial charge in [-0.3, -0.25) is 4.40 Å². The second-order valence-corrected chi connectivity index (χ2v) is 6.92. The highest BCUT2D eigenvalue weighted by atomic mass is 19.4. The van der Waals surface area contributed by atoms with Crippen LogP contribution in [0.1, 0.15) is 10.4 Å². The molecule has 1 N–H and O–H groups in total. The number of imidazole rings is 1. The molecule has 2 aromatic heterocycles. The number of nitrogens with zero attached hydrogens (tertiary/aromatic N) is 2. The smallest absolute Gasteiger partial charge is 0.478 e. The van der Waals surface area contributed by atoms with Gasteiger partial charge >= 0.3 is 18.7 Å². The van der Waals surface area contributed by atoms with Crippen molar-refractivity contribution in [2.24, 2.45) is 0 Å². The fourth-order valence-electron chi connectivity index (χ4n) is 3.31. The van der Waals surface area contributed by atoms with E-state index in [1.165, 1.54) is 47.1 Å². The van der Waals surface area contributed by atoms with Gasteiger partial charge in [-0.05, 0) is 48.0 Å². The number of benzene rings is 2. The van der Waals surface area contributed by atoms with Gasteiger partial charge in [-0.15, -0.1) is 26.3 Å². The molecule has 0 aliphatic rings. The maximum Gasteiger partial charge on any atom is 0.573 e. The number of ether oxygens (including phenoxy) is 2. The summed E-state index contributed by atoms with van der Waals surface area (Å²) in [5.41, 5.74) is 1.46. The van der Waals surface area contributed by atoms with Crippen molar-refractivity contribution in [1.82, 2.24) is 9.38 Å². The Kier molecular flexibility index (Phi) is 5.59. The minimum absolute atomic E-state index is 0.150. The molecule has 0 amide bonds. The van der Waals surface area contributed by atoms with Crippen LogP contribution >= 0.6 is 0 Å². The molecule has 0 spiro atoms. The quantitative estimate of drug-likeness (QED) is 0.345. The van der Waals surface area contributed by atoms with Crippen molar-refractivity contribution >= 4 is 11.6 Å². The number of hydrogen-bond donors (Lipinski definition) is 1. The average Bonchev–Trinajstić information content (AvgIpc) is 3.15. The van der Waals surface area contributed by atoms with Crippen molar-refractivity contribution in [3.63, 3.8) is 0 Å². The number of fused-ring (bicyclic) bond motifs is 1. The molecule has 0 unspecified atom stereocenters. The van der Waals surface area contributed by atoms with Gasteiger partial charge in [0.25, 0.3) is 0 Å². The van der Waals surface area contributed by atoms with Gasteiger partial charge in [0, 0.05) is 17.3 Å². The van der Waals surface area contributed by atoms with Crippen LogP contribution in [0, 0.1) is 0 Å². The Hall–Kier alpha value is -4.22. The summed E-state index contributed by atoms with van der Waals surface area (Å²) >= 11 is 0. The van der Waals surface area contributed by atoms with Crippen LogP contribution in [0.2, 0.25) is 0 Å². The molecule has 12 heteroatoms. The van der Waals surface area contributed by atoms with E-state index in [0.29, 0.717) is 16.8 Å². The van der Waals surface area contributed by atoms with Crippen LogP contribution in [0.4, 0.5) is 26.3 Å². The molecule has 176 valence electrons. The van der Waals surface area contributed by atoms with Crippen LogP contribution in [0.3, 0.4) is 0 Å². The second-order valence-electron chi connectivity index (χ2n) is 6.92. The second kappa shape index (κ2) is 8.28. The molecule has 4 aromatic rings. The van der Waals surface area contributed by atoms with Gasteiger partial charge in [-0.2, -0.15) is 0 Å². The zero-order valence-electron chi connectivity index (χ0n) is 16.7. The molecule has 34 heavy (non-hydrogen) atoms. The summed E-state index contributed by atoms with van der Waals surface area (Å²) in [5.74, 6) is -2.18. The third-order valence-corrected chi connectivity index (χ3v) is 4.66. The normalized spacial score (nSPS) is 12.1. The molecule has 4 rings (SSSR count). The Morgan fingerprint density at radius 1 is 0.824 bits per heavy atom. The topological polar surface area (TPSA) is 73.1 Å². The van der Waals surface area contributed by atoms with E-state index in [0.717, 1.165) is 24.3 Å². The van der Waals surface area contributed by atoms with Crippen LogP contribution in [-0.4, -0.2) is 33.2 Å². The highest BCUT2D eigenvalue weighted by Gasteiger charge is 2.31. The lowest BCUT2D eigenvalue weighted by Crippen LogP contribution is -2.17. The highest BCUT2D eigenvalue weighted by Crippen LogP contribution is 2.32. The summed E-state index contributed by atoms with van der Waals surface area (Å²) in [6, 6.07) is 10.9. The van der Waals surface area contributed by atoms with E-state index in [1.807, 2.05) is 0 Å². The summed E-state index contributed by atoms with van der Waals surface area (Å²) in [4.78, 5) is 16.0. The Morgan fingerprint density at radius 2 is 1.32 bits per heavy atom. The summed E-state index contributed by atoms with van der Waals surface area (Å²) in [6.07, 6.45) is -6.88. The first kappa shape index (κ1) is 23.0. The Morgan fingerprint density at radius 3 is 1.79 bits per heavy atom. The number of hydrogen-bond acceptors (Lipinski definition) is 4. The highest BCUT2D eigenvalue weighted by molar-refractivity contribution is 5.97. The lowest BCUT2D eigenvalue weighted by molar-refractivity contribution is -0.275. The summed E-state index contributed by atoms with van der Waals surface area (Å²) in [7, 11) is 0. The maximum atomic E-state index is 12.4. The lowest BCUT2D eigenvalue weighted by atomic mass is 10.0.